The summed E-state index contributed by atoms with van der Waals surface area (Å²) in [6.07, 6.45) is 2.75. The molecule has 0 amide bonds. The van der Waals surface area contributed by atoms with Gasteiger partial charge in [-0.1, -0.05) is 24.1 Å². The number of anilines is 1. The van der Waals surface area contributed by atoms with E-state index in [-0.39, 0.29) is 11.4 Å². The molecule has 15 heteroatoms. The first-order valence-electron chi connectivity index (χ1n) is 12.3. The number of ether oxygens (including phenoxy) is 2. The Bertz CT molecular complexity index is 1430. The minimum Gasteiger partial charge on any atom is -0.462 e. The largest absolute Gasteiger partial charge is 0.462 e. The Kier molecular flexibility index (Phi) is 8.72. The first-order chi connectivity index (χ1) is 19.0. The summed E-state index contributed by atoms with van der Waals surface area (Å²) in [5.74, 6) is 1.84. The average molecular weight is 577 g/mol. The standard InChI is InChI=1S/C25H30FN6O7P/c1-6-25(26)20(33)18(38-24(25)32-14-30-19-21(27-5)28-13-29-22(19)32)12-36-40(35,39-17-10-8-7-9-11-17)31-16(4)23(34)37-15(2)3/h1,7-11,13-16,18,20,24,33H,12H2,2-5H3,(H,31,35)(H,27,28,29)/t16-,18-,20-,24-,25-,40?/m1/s1. The van der Waals surface area contributed by atoms with E-state index in [9.17, 15) is 14.5 Å². The predicted molar refractivity (Wildman–Crippen MR) is 142 cm³/mol. The van der Waals surface area contributed by atoms with Crippen LogP contribution in [0.1, 0.15) is 27.0 Å². The molecule has 6 atom stereocenters. The molecule has 0 saturated carbocycles. The van der Waals surface area contributed by atoms with Crippen molar-refractivity contribution in [2.75, 3.05) is 19.0 Å². The van der Waals surface area contributed by atoms with E-state index in [1.807, 2.05) is 5.92 Å². The van der Waals surface area contributed by atoms with E-state index in [1.165, 1.54) is 36.3 Å². The van der Waals surface area contributed by atoms with Gasteiger partial charge in [-0.25, -0.2) is 23.9 Å². The monoisotopic (exact) mass is 576 g/mol. The number of alkyl halides is 1. The van der Waals surface area contributed by atoms with Crippen LogP contribution in [0.3, 0.4) is 0 Å². The van der Waals surface area contributed by atoms with Crippen LogP contribution < -0.4 is 14.9 Å². The molecular formula is C25H30FN6O7P. The van der Waals surface area contributed by atoms with Crippen molar-refractivity contribution < 1.29 is 37.4 Å². The second kappa shape index (κ2) is 11.9. The van der Waals surface area contributed by atoms with E-state index in [0.29, 0.717) is 11.3 Å². The zero-order valence-corrected chi connectivity index (χ0v) is 23.1. The second-order valence-corrected chi connectivity index (χ2v) is 10.9. The molecule has 13 nitrogen and oxygen atoms in total. The Hall–Kier alpha value is -3.60. The number of aliphatic hydroxyl groups excluding tert-OH is 1. The number of carbonyl (C=O) groups is 1. The number of imidazole rings is 1. The summed E-state index contributed by atoms with van der Waals surface area (Å²) >= 11 is 0. The van der Waals surface area contributed by atoms with Crippen molar-refractivity contribution in [3.63, 3.8) is 0 Å². The van der Waals surface area contributed by atoms with Gasteiger partial charge in [0, 0.05) is 7.05 Å². The number of para-hydroxylation sites is 1. The maximum atomic E-state index is 16.1. The smallest absolute Gasteiger partial charge is 0.459 e. The molecule has 40 heavy (non-hydrogen) atoms. The first-order valence-corrected chi connectivity index (χ1v) is 13.9. The lowest BCUT2D eigenvalue weighted by molar-refractivity contribution is -0.149. The molecule has 3 aromatic rings. The van der Waals surface area contributed by atoms with E-state index >= 15 is 4.39 Å². The Labute approximate surface area is 230 Å². The van der Waals surface area contributed by atoms with E-state index < -0.39 is 56.6 Å². The highest BCUT2D eigenvalue weighted by Crippen LogP contribution is 2.48. The van der Waals surface area contributed by atoms with Crippen LogP contribution in [0.25, 0.3) is 11.2 Å². The highest BCUT2D eigenvalue weighted by molar-refractivity contribution is 7.52. The van der Waals surface area contributed by atoms with Gasteiger partial charge in [0.25, 0.3) is 0 Å². The molecule has 0 spiro atoms. The van der Waals surface area contributed by atoms with Crippen molar-refractivity contribution in [3.8, 4) is 18.1 Å². The summed E-state index contributed by atoms with van der Waals surface area (Å²) in [6, 6.07) is 6.97. The number of esters is 1. The normalized spacial score (nSPS) is 24.8. The molecular weight excluding hydrogens is 546 g/mol. The highest BCUT2D eigenvalue weighted by Gasteiger charge is 2.58. The first kappa shape index (κ1) is 29.4. The number of terminal acetylenes is 1. The third-order valence-electron chi connectivity index (χ3n) is 5.95. The van der Waals surface area contributed by atoms with Gasteiger partial charge in [-0.3, -0.25) is 13.9 Å². The van der Waals surface area contributed by atoms with E-state index in [1.54, 1.807) is 39.1 Å². The van der Waals surface area contributed by atoms with Crippen LogP contribution in [0.5, 0.6) is 5.75 Å². The summed E-state index contributed by atoms with van der Waals surface area (Å²) in [7, 11) is -2.68. The fourth-order valence-electron chi connectivity index (χ4n) is 4.02. The molecule has 1 aliphatic rings. The average Bonchev–Trinajstić information content (AvgIpc) is 3.46. The second-order valence-electron chi connectivity index (χ2n) is 9.21. The summed E-state index contributed by atoms with van der Waals surface area (Å²) < 4.78 is 53.2. The van der Waals surface area contributed by atoms with Gasteiger partial charge in [-0.2, -0.15) is 5.09 Å². The van der Waals surface area contributed by atoms with Crippen LogP contribution >= 0.6 is 7.75 Å². The maximum absolute atomic E-state index is 16.1. The van der Waals surface area contributed by atoms with Gasteiger partial charge < -0.3 is 24.4 Å². The molecule has 1 aliphatic heterocycles. The number of carbonyl (C=O) groups excluding carboxylic acids is 1. The Balaban J connectivity index is 1.58. The van der Waals surface area contributed by atoms with Crippen LogP contribution in [0.2, 0.25) is 0 Å². The molecule has 1 saturated heterocycles. The van der Waals surface area contributed by atoms with Gasteiger partial charge in [0.2, 0.25) is 5.67 Å². The number of nitrogens with zero attached hydrogens (tertiary/aromatic N) is 4. The number of benzene rings is 1. The van der Waals surface area contributed by atoms with E-state index in [2.05, 4.69) is 25.4 Å². The van der Waals surface area contributed by atoms with E-state index in [4.69, 9.17) is 24.9 Å². The lowest BCUT2D eigenvalue weighted by Crippen LogP contribution is -2.42. The van der Waals surface area contributed by atoms with Crippen molar-refractivity contribution >= 4 is 30.7 Å². The van der Waals surface area contributed by atoms with Gasteiger partial charge in [0.1, 0.15) is 35.8 Å². The topological polar surface area (TPSA) is 159 Å². The number of nitrogens with one attached hydrogen (secondary N) is 2. The molecule has 214 valence electrons. The minimum absolute atomic E-state index is 0.168. The number of aliphatic hydroxyl groups is 1. The summed E-state index contributed by atoms with van der Waals surface area (Å²) in [4.78, 5) is 24.8. The quantitative estimate of drug-likeness (QED) is 0.174. The number of fused-ring (bicyclic) bond motifs is 1. The number of aromatic nitrogens is 4. The summed E-state index contributed by atoms with van der Waals surface area (Å²) in [5, 5.41) is 16.3. The Morgan fingerprint density at radius 3 is 2.67 bits per heavy atom. The van der Waals surface area contributed by atoms with Crippen molar-refractivity contribution in [1.29, 1.82) is 0 Å². The SMILES string of the molecule is C#C[C@@]1(F)[C@H](O)[C@@H](COP(=O)(N[C@H](C)C(=O)OC(C)C)Oc2ccccc2)O[C@H]1n1cnc2c(NC)ncnc21. The van der Waals surface area contributed by atoms with Crippen molar-refractivity contribution in [2.45, 2.75) is 57.0 Å². The molecule has 4 rings (SSSR count). The molecule has 1 aromatic carbocycles. The van der Waals surface area contributed by atoms with Crippen LogP contribution in [0.15, 0.2) is 43.0 Å². The number of halogens is 1. The molecule has 0 radical (unpaired) electrons. The number of rotatable bonds is 11. The van der Waals surface area contributed by atoms with Gasteiger partial charge in [-0.15, -0.1) is 6.42 Å². The Morgan fingerprint density at radius 2 is 2.02 bits per heavy atom. The predicted octanol–water partition coefficient (Wildman–Crippen LogP) is 2.60. The van der Waals surface area contributed by atoms with Crippen LogP contribution in [0.4, 0.5) is 10.2 Å². The van der Waals surface area contributed by atoms with Crippen LogP contribution in [0, 0.1) is 12.3 Å². The number of hydrogen-bond donors (Lipinski definition) is 3. The number of hydrogen-bond acceptors (Lipinski definition) is 11. The third kappa shape index (κ3) is 5.94. The fraction of sp³-hybridized carbons (Fsp3) is 0.440. The van der Waals surface area contributed by atoms with Crippen LogP contribution in [-0.2, 0) is 23.4 Å². The summed E-state index contributed by atoms with van der Waals surface area (Å²) in [5.41, 5.74) is -2.21. The molecule has 3 heterocycles. The van der Waals surface area contributed by atoms with E-state index in [0.717, 1.165) is 0 Å². The molecule has 1 fully saturated rings. The molecule has 3 N–H and O–H groups in total. The van der Waals surface area contributed by atoms with Gasteiger partial charge in [0.05, 0.1) is 19.0 Å². The molecule has 1 unspecified atom stereocenters. The highest BCUT2D eigenvalue weighted by atomic mass is 31.2. The fourth-order valence-corrected chi connectivity index (χ4v) is 5.53. The zero-order chi connectivity index (χ0) is 29.1. The molecule has 0 aliphatic carbocycles. The van der Waals surface area contributed by atoms with Crippen molar-refractivity contribution in [1.82, 2.24) is 24.6 Å². The van der Waals surface area contributed by atoms with Gasteiger partial charge in [-0.05, 0) is 32.9 Å². The lowest BCUT2D eigenvalue weighted by Gasteiger charge is -2.25. The van der Waals surface area contributed by atoms with Crippen molar-refractivity contribution in [2.24, 2.45) is 0 Å². The Morgan fingerprint density at radius 1 is 1.30 bits per heavy atom. The molecule has 2 aromatic heterocycles. The van der Waals surface area contributed by atoms with Gasteiger partial charge in [0.15, 0.2) is 17.7 Å². The molecule has 0 bridgehead atoms. The maximum Gasteiger partial charge on any atom is 0.459 e. The van der Waals surface area contributed by atoms with Crippen LogP contribution in [-0.4, -0.2) is 74.3 Å². The minimum atomic E-state index is -4.32. The summed E-state index contributed by atoms with van der Waals surface area (Å²) in [6.45, 7) is 4.13. The van der Waals surface area contributed by atoms with Crippen molar-refractivity contribution in [3.05, 3.63) is 43.0 Å². The zero-order valence-electron chi connectivity index (χ0n) is 22.2. The lowest BCUT2D eigenvalue weighted by atomic mass is 9.97. The third-order valence-corrected chi connectivity index (χ3v) is 7.59. The van der Waals surface area contributed by atoms with Gasteiger partial charge >= 0.3 is 13.7 Å².